The summed E-state index contributed by atoms with van der Waals surface area (Å²) in [6, 6.07) is 35.3. The summed E-state index contributed by atoms with van der Waals surface area (Å²) in [5.74, 6) is 0. The highest BCUT2D eigenvalue weighted by molar-refractivity contribution is 9.10. The van der Waals surface area contributed by atoms with Crippen LogP contribution in [-0.4, -0.2) is 4.57 Å². The molecule has 1 nitrogen and oxygen atoms in total. The number of fused-ring (bicyclic) bond motifs is 4. The van der Waals surface area contributed by atoms with Crippen LogP contribution in [0.3, 0.4) is 0 Å². The lowest BCUT2D eigenvalue weighted by atomic mass is 9.92. The van der Waals surface area contributed by atoms with Gasteiger partial charge in [0.2, 0.25) is 0 Å². The van der Waals surface area contributed by atoms with E-state index < -0.39 is 0 Å². The molecule has 0 saturated heterocycles. The molecule has 7 aromatic rings. The number of benzene rings is 6. The van der Waals surface area contributed by atoms with Gasteiger partial charge in [-0.1, -0.05) is 76.6 Å². The van der Waals surface area contributed by atoms with Gasteiger partial charge in [0.05, 0.1) is 11.0 Å². The summed E-state index contributed by atoms with van der Waals surface area (Å²) in [6.45, 7) is 0. The Bertz CT molecular complexity index is 1730. The zero-order chi connectivity index (χ0) is 19.8. The molecule has 1 heterocycles. The summed E-state index contributed by atoms with van der Waals surface area (Å²) in [6.07, 6.45) is 0. The number of hydrogen-bond acceptors (Lipinski definition) is 0. The molecule has 1 aromatic heterocycles. The lowest BCUT2D eigenvalue weighted by Crippen LogP contribution is -1.93. The highest BCUT2D eigenvalue weighted by Crippen LogP contribution is 2.43. The number of para-hydroxylation sites is 1. The van der Waals surface area contributed by atoms with Crippen LogP contribution in [0.15, 0.2) is 102 Å². The fourth-order valence-corrected chi connectivity index (χ4v) is 5.50. The highest BCUT2D eigenvalue weighted by Gasteiger charge is 2.18. The number of nitrogens with zero attached hydrogens (tertiary/aromatic N) is 1. The number of hydrogen-bond donors (Lipinski definition) is 0. The maximum atomic E-state index is 3.70. The Morgan fingerprint density at radius 1 is 0.500 bits per heavy atom. The van der Waals surface area contributed by atoms with E-state index in [1.54, 1.807) is 0 Å². The summed E-state index contributed by atoms with van der Waals surface area (Å²) < 4.78 is 3.50. The van der Waals surface area contributed by atoms with Crippen molar-refractivity contribution in [2.75, 3.05) is 0 Å². The average Bonchev–Trinajstić information content (AvgIpc) is 3.11. The van der Waals surface area contributed by atoms with Crippen LogP contribution >= 0.6 is 15.9 Å². The normalized spacial score (nSPS) is 12.2. The summed E-state index contributed by atoms with van der Waals surface area (Å²) in [5.41, 5.74) is 3.67. The third-order valence-corrected chi connectivity index (χ3v) is 6.84. The average molecular weight is 446 g/mol. The van der Waals surface area contributed by atoms with Gasteiger partial charge < -0.3 is 4.57 Å². The van der Waals surface area contributed by atoms with Crippen molar-refractivity contribution in [2.24, 2.45) is 0 Å². The fraction of sp³-hybridized carbons (Fsp3) is 0. The minimum atomic E-state index is 1.10. The minimum Gasteiger partial charge on any atom is -0.309 e. The first kappa shape index (κ1) is 16.4. The van der Waals surface area contributed by atoms with Gasteiger partial charge in [-0.05, 0) is 68.7 Å². The Morgan fingerprint density at radius 3 is 2.10 bits per heavy atom. The van der Waals surface area contributed by atoms with Gasteiger partial charge in [-0.2, -0.15) is 0 Å². The Labute approximate surface area is 181 Å². The van der Waals surface area contributed by atoms with Crippen molar-refractivity contribution in [3.8, 4) is 5.69 Å². The van der Waals surface area contributed by atoms with Crippen LogP contribution < -0.4 is 0 Å². The van der Waals surface area contributed by atoms with Crippen LogP contribution in [-0.2, 0) is 0 Å². The molecule has 30 heavy (non-hydrogen) atoms. The molecule has 2 heteroatoms. The molecule has 0 N–H and O–H groups in total. The maximum Gasteiger partial charge on any atom is 0.0553 e. The van der Waals surface area contributed by atoms with Gasteiger partial charge in [0.15, 0.2) is 0 Å². The number of halogens is 1. The second kappa shape index (κ2) is 5.84. The summed E-state index contributed by atoms with van der Waals surface area (Å²) in [5, 5.41) is 10.6. The van der Waals surface area contributed by atoms with Crippen molar-refractivity contribution in [3.63, 3.8) is 0 Å². The predicted molar refractivity (Wildman–Crippen MR) is 132 cm³/mol. The first-order valence-electron chi connectivity index (χ1n) is 10.2. The molecular weight excluding hydrogens is 430 g/mol. The number of aromatic nitrogens is 1. The van der Waals surface area contributed by atoms with Gasteiger partial charge in [-0.3, -0.25) is 0 Å². The molecule has 0 amide bonds. The molecule has 6 aromatic carbocycles. The quantitative estimate of drug-likeness (QED) is 0.223. The molecule has 0 aliphatic rings. The second-order valence-electron chi connectivity index (χ2n) is 7.96. The third-order valence-electron chi connectivity index (χ3n) is 6.35. The van der Waals surface area contributed by atoms with Gasteiger partial charge in [0, 0.05) is 20.9 Å². The SMILES string of the molecule is Brc1ccc2c(c1)c1c3ccc4cccc5ccc(cc1n2-c1ccccc1)c3c54. The van der Waals surface area contributed by atoms with E-state index in [9.17, 15) is 0 Å². The highest BCUT2D eigenvalue weighted by atomic mass is 79.9. The van der Waals surface area contributed by atoms with Crippen LogP contribution in [0.25, 0.3) is 59.8 Å². The van der Waals surface area contributed by atoms with E-state index in [0.717, 1.165) is 4.47 Å². The van der Waals surface area contributed by atoms with E-state index in [4.69, 9.17) is 0 Å². The van der Waals surface area contributed by atoms with Gasteiger partial charge in [-0.15, -0.1) is 0 Å². The lowest BCUT2D eigenvalue weighted by molar-refractivity contribution is 1.18. The van der Waals surface area contributed by atoms with E-state index in [2.05, 4.69) is 118 Å². The van der Waals surface area contributed by atoms with E-state index in [0.29, 0.717) is 0 Å². The molecule has 0 bridgehead atoms. The molecule has 0 aliphatic carbocycles. The van der Waals surface area contributed by atoms with Gasteiger partial charge in [0.1, 0.15) is 0 Å². The molecule has 0 spiro atoms. The Hall–Kier alpha value is -3.36. The minimum absolute atomic E-state index is 1.10. The summed E-state index contributed by atoms with van der Waals surface area (Å²) >= 11 is 3.70. The van der Waals surface area contributed by atoms with Gasteiger partial charge >= 0.3 is 0 Å². The summed E-state index contributed by atoms with van der Waals surface area (Å²) in [7, 11) is 0. The molecule has 0 unspecified atom stereocenters. The van der Waals surface area contributed by atoms with Crippen LogP contribution in [0.1, 0.15) is 0 Å². The molecular formula is C28H16BrN. The molecule has 7 rings (SSSR count). The molecule has 0 aliphatic heterocycles. The lowest BCUT2D eigenvalue weighted by Gasteiger charge is -2.13. The van der Waals surface area contributed by atoms with Crippen molar-refractivity contribution in [1.29, 1.82) is 0 Å². The first-order valence-corrected chi connectivity index (χ1v) is 10.9. The summed E-state index contributed by atoms with van der Waals surface area (Å²) in [4.78, 5) is 0. The zero-order valence-electron chi connectivity index (χ0n) is 16.1. The van der Waals surface area contributed by atoms with E-state index in [-0.39, 0.29) is 0 Å². The smallest absolute Gasteiger partial charge is 0.0553 e. The van der Waals surface area contributed by atoms with E-state index >= 15 is 0 Å². The monoisotopic (exact) mass is 445 g/mol. The van der Waals surface area contributed by atoms with Crippen LogP contribution in [0, 0.1) is 0 Å². The number of rotatable bonds is 1. The second-order valence-corrected chi connectivity index (χ2v) is 8.87. The third kappa shape index (κ3) is 2.07. The van der Waals surface area contributed by atoms with Crippen molar-refractivity contribution >= 4 is 70.1 Å². The van der Waals surface area contributed by atoms with Crippen molar-refractivity contribution in [3.05, 3.63) is 102 Å². The Morgan fingerprint density at radius 2 is 1.27 bits per heavy atom. The topological polar surface area (TPSA) is 4.93 Å². The fourth-order valence-electron chi connectivity index (χ4n) is 5.14. The van der Waals surface area contributed by atoms with E-state index in [1.807, 2.05) is 0 Å². The Kier molecular flexibility index (Phi) is 3.20. The molecule has 0 saturated carbocycles. The standard InChI is InChI=1S/C28H16BrN/c29-20-12-14-24-23(16-20)28-22-13-11-18-6-4-5-17-9-10-19(27(22)26(17)18)15-25(28)30(24)21-7-2-1-3-8-21/h1-16H. The van der Waals surface area contributed by atoms with Crippen molar-refractivity contribution in [1.82, 2.24) is 4.57 Å². The molecule has 0 fully saturated rings. The Balaban J connectivity index is 1.81. The first-order chi connectivity index (χ1) is 14.8. The van der Waals surface area contributed by atoms with E-state index in [1.165, 1.54) is 59.8 Å². The van der Waals surface area contributed by atoms with Crippen molar-refractivity contribution < 1.29 is 0 Å². The molecule has 0 radical (unpaired) electrons. The molecule has 0 atom stereocenters. The van der Waals surface area contributed by atoms with Gasteiger partial charge in [-0.25, -0.2) is 0 Å². The van der Waals surface area contributed by atoms with Gasteiger partial charge in [0.25, 0.3) is 0 Å². The van der Waals surface area contributed by atoms with Crippen LogP contribution in [0.5, 0.6) is 0 Å². The van der Waals surface area contributed by atoms with Crippen LogP contribution in [0.2, 0.25) is 0 Å². The van der Waals surface area contributed by atoms with Crippen LogP contribution in [0.4, 0.5) is 0 Å². The largest absolute Gasteiger partial charge is 0.309 e. The molecule has 140 valence electrons. The van der Waals surface area contributed by atoms with Crippen molar-refractivity contribution in [2.45, 2.75) is 0 Å². The zero-order valence-corrected chi connectivity index (χ0v) is 17.6. The predicted octanol–water partition coefficient (Wildman–Crippen LogP) is 8.44. The maximum absolute atomic E-state index is 3.70.